The van der Waals surface area contributed by atoms with E-state index in [-0.39, 0.29) is 9.47 Å². The molecule has 0 spiro atoms. The van der Waals surface area contributed by atoms with Gasteiger partial charge in [-0.2, -0.15) is 8.42 Å². The van der Waals surface area contributed by atoms with Crippen LogP contribution in [0, 0.1) is 6.92 Å². The maximum absolute atomic E-state index is 12.3. The molecule has 9 heteroatoms. The SMILES string of the molecule is Cc1cc(NS(=O)(=O)c2nnc(N)s2)c2ccccc2n1. The van der Waals surface area contributed by atoms with Crippen molar-refractivity contribution in [1.29, 1.82) is 0 Å². The summed E-state index contributed by atoms with van der Waals surface area (Å²) in [6.07, 6.45) is 0. The number of nitrogens with one attached hydrogen (secondary N) is 1. The molecule has 2 aromatic heterocycles. The lowest BCUT2D eigenvalue weighted by atomic mass is 10.2. The predicted molar refractivity (Wildman–Crippen MR) is 81.6 cm³/mol. The zero-order valence-electron chi connectivity index (χ0n) is 10.9. The first-order valence-electron chi connectivity index (χ1n) is 5.94. The number of hydrogen-bond acceptors (Lipinski definition) is 7. The first-order valence-corrected chi connectivity index (χ1v) is 8.24. The van der Waals surface area contributed by atoms with Crippen LogP contribution in [0.5, 0.6) is 0 Å². The monoisotopic (exact) mass is 321 g/mol. The predicted octanol–water partition coefficient (Wildman–Crippen LogP) is 1.78. The average Bonchev–Trinajstić information content (AvgIpc) is 2.86. The van der Waals surface area contributed by atoms with Gasteiger partial charge in [0.1, 0.15) is 0 Å². The van der Waals surface area contributed by atoms with E-state index in [0.29, 0.717) is 22.3 Å². The molecule has 2 heterocycles. The van der Waals surface area contributed by atoms with Crippen molar-refractivity contribution in [2.75, 3.05) is 10.5 Å². The molecule has 0 aliphatic heterocycles. The largest absolute Gasteiger partial charge is 0.374 e. The topological polar surface area (TPSA) is 111 Å². The summed E-state index contributed by atoms with van der Waals surface area (Å²) >= 11 is 0.813. The summed E-state index contributed by atoms with van der Waals surface area (Å²) in [5.74, 6) is 0. The number of nitrogens with two attached hydrogens (primary N) is 1. The second-order valence-electron chi connectivity index (χ2n) is 4.34. The number of pyridine rings is 1. The van der Waals surface area contributed by atoms with Gasteiger partial charge in [0.05, 0.1) is 11.2 Å². The first-order chi connectivity index (χ1) is 9.95. The summed E-state index contributed by atoms with van der Waals surface area (Å²) in [6.45, 7) is 1.80. The van der Waals surface area contributed by atoms with Gasteiger partial charge in [-0.25, -0.2) is 0 Å². The second-order valence-corrected chi connectivity index (χ2v) is 7.21. The Labute approximate surface area is 124 Å². The number of aromatic nitrogens is 3. The molecule has 21 heavy (non-hydrogen) atoms. The van der Waals surface area contributed by atoms with Crippen molar-refractivity contribution < 1.29 is 8.42 Å². The zero-order valence-corrected chi connectivity index (χ0v) is 12.6. The molecule has 0 amide bonds. The Bertz CT molecular complexity index is 920. The highest BCUT2D eigenvalue weighted by atomic mass is 32.2. The van der Waals surface area contributed by atoms with E-state index in [1.54, 1.807) is 19.1 Å². The minimum atomic E-state index is -3.81. The Kier molecular flexibility index (Phi) is 3.22. The number of aryl methyl sites for hydroxylation is 1. The molecule has 0 aliphatic rings. The summed E-state index contributed by atoms with van der Waals surface area (Å²) in [5, 5.41) is 7.90. The van der Waals surface area contributed by atoms with Crippen molar-refractivity contribution >= 4 is 43.1 Å². The van der Waals surface area contributed by atoms with Crippen LogP contribution < -0.4 is 10.5 Å². The van der Waals surface area contributed by atoms with Gasteiger partial charge < -0.3 is 5.73 Å². The highest BCUT2D eigenvalue weighted by Crippen LogP contribution is 2.26. The minimum Gasteiger partial charge on any atom is -0.374 e. The van der Waals surface area contributed by atoms with Crippen LogP contribution in [-0.2, 0) is 10.0 Å². The van der Waals surface area contributed by atoms with Crippen molar-refractivity contribution in [3.63, 3.8) is 0 Å². The Morgan fingerprint density at radius 3 is 2.71 bits per heavy atom. The molecule has 108 valence electrons. The van der Waals surface area contributed by atoms with Crippen LogP contribution in [0.3, 0.4) is 0 Å². The number of sulfonamides is 1. The van der Waals surface area contributed by atoms with Crippen molar-refractivity contribution in [1.82, 2.24) is 15.2 Å². The maximum Gasteiger partial charge on any atom is 0.291 e. The van der Waals surface area contributed by atoms with Gasteiger partial charge in [-0.05, 0) is 19.1 Å². The molecule has 0 aliphatic carbocycles. The maximum atomic E-state index is 12.3. The summed E-state index contributed by atoms with van der Waals surface area (Å²) in [7, 11) is -3.81. The molecular formula is C12H11N5O2S2. The molecule has 1 aromatic carbocycles. The van der Waals surface area contributed by atoms with E-state index in [1.165, 1.54) is 0 Å². The van der Waals surface area contributed by atoms with E-state index in [2.05, 4.69) is 19.9 Å². The van der Waals surface area contributed by atoms with Gasteiger partial charge in [0, 0.05) is 11.1 Å². The molecule has 0 bridgehead atoms. The quantitative estimate of drug-likeness (QED) is 0.760. The normalized spacial score (nSPS) is 11.7. The Morgan fingerprint density at radius 1 is 1.24 bits per heavy atom. The molecule has 0 saturated heterocycles. The lowest BCUT2D eigenvalue weighted by Crippen LogP contribution is -2.13. The summed E-state index contributed by atoms with van der Waals surface area (Å²) in [4.78, 5) is 4.36. The molecule has 0 unspecified atom stereocenters. The fourth-order valence-corrected chi connectivity index (χ4v) is 3.77. The highest BCUT2D eigenvalue weighted by Gasteiger charge is 2.21. The number of nitrogens with zero attached hydrogens (tertiary/aromatic N) is 3. The van der Waals surface area contributed by atoms with Crippen LogP contribution in [0.15, 0.2) is 34.7 Å². The molecule has 7 nitrogen and oxygen atoms in total. The van der Waals surface area contributed by atoms with Crippen LogP contribution in [-0.4, -0.2) is 23.6 Å². The van der Waals surface area contributed by atoms with Gasteiger partial charge in [-0.1, -0.05) is 29.5 Å². The van der Waals surface area contributed by atoms with Gasteiger partial charge in [0.15, 0.2) is 0 Å². The fourth-order valence-electron chi connectivity index (χ4n) is 1.91. The number of fused-ring (bicyclic) bond motifs is 1. The molecule has 0 atom stereocenters. The van der Waals surface area contributed by atoms with Crippen LogP contribution in [0.4, 0.5) is 10.8 Å². The van der Waals surface area contributed by atoms with Crippen molar-refractivity contribution in [3.8, 4) is 0 Å². The Balaban J connectivity index is 2.09. The van der Waals surface area contributed by atoms with Gasteiger partial charge in [-0.3, -0.25) is 9.71 Å². The van der Waals surface area contributed by atoms with Crippen LogP contribution >= 0.6 is 11.3 Å². The Hall–Kier alpha value is -2.26. The van der Waals surface area contributed by atoms with Gasteiger partial charge >= 0.3 is 0 Å². The lowest BCUT2D eigenvalue weighted by Gasteiger charge is -2.09. The molecular weight excluding hydrogens is 310 g/mol. The standard InChI is InChI=1S/C12H11N5O2S2/c1-7-6-10(8-4-2-3-5-9(8)14-7)17-21(18,19)12-16-15-11(13)20-12/h2-6H,1H3,(H2,13,15)(H,14,17). The van der Waals surface area contributed by atoms with E-state index in [9.17, 15) is 8.42 Å². The highest BCUT2D eigenvalue weighted by molar-refractivity contribution is 7.94. The average molecular weight is 321 g/mol. The molecule has 3 N–H and O–H groups in total. The van der Waals surface area contributed by atoms with Crippen LogP contribution in [0.25, 0.3) is 10.9 Å². The van der Waals surface area contributed by atoms with Crippen molar-refractivity contribution in [2.45, 2.75) is 11.3 Å². The number of benzene rings is 1. The molecule has 0 saturated carbocycles. The van der Waals surface area contributed by atoms with E-state index < -0.39 is 10.0 Å². The van der Waals surface area contributed by atoms with E-state index >= 15 is 0 Å². The van der Waals surface area contributed by atoms with Gasteiger partial charge in [-0.15, -0.1) is 10.2 Å². The molecule has 0 fully saturated rings. The van der Waals surface area contributed by atoms with Crippen molar-refractivity contribution in [2.24, 2.45) is 0 Å². The third-order valence-electron chi connectivity index (χ3n) is 2.74. The zero-order chi connectivity index (χ0) is 15.0. The third kappa shape index (κ3) is 2.65. The van der Waals surface area contributed by atoms with E-state index in [0.717, 1.165) is 11.3 Å². The lowest BCUT2D eigenvalue weighted by molar-refractivity contribution is 0.599. The van der Waals surface area contributed by atoms with Gasteiger partial charge in [0.2, 0.25) is 5.13 Å². The number of nitrogen functional groups attached to an aromatic ring is 1. The summed E-state index contributed by atoms with van der Waals surface area (Å²) in [5.41, 5.74) is 7.30. The molecule has 0 radical (unpaired) electrons. The number of para-hydroxylation sites is 1. The second kappa shape index (κ2) is 4.93. The molecule has 3 rings (SSSR count). The number of anilines is 2. The van der Waals surface area contributed by atoms with E-state index in [1.807, 2.05) is 18.2 Å². The van der Waals surface area contributed by atoms with Crippen LogP contribution in [0.1, 0.15) is 5.69 Å². The Morgan fingerprint density at radius 2 is 2.00 bits per heavy atom. The minimum absolute atomic E-state index is 0.103. The molecule has 3 aromatic rings. The first kappa shape index (κ1) is 13.7. The number of hydrogen-bond donors (Lipinski definition) is 2. The smallest absolute Gasteiger partial charge is 0.291 e. The van der Waals surface area contributed by atoms with E-state index in [4.69, 9.17) is 5.73 Å². The fraction of sp³-hybridized carbons (Fsp3) is 0.0833. The van der Waals surface area contributed by atoms with Crippen LogP contribution in [0.2, 0.25) is 0 Å². The summed E-state index contributed by atoms with van der Waals surface area (Å²) < 4.78 is 26.9. The van der Waals surface area contributed by atoms with Gasteiger partial charge in [0.25, 0.3) is 14.4 Å². The summed E-state index contributed by atoms with van der Waals surface area (Å²) in [6, 6.07) is 8.96. The number of rotatable bonds is 3. The van der Waals surface area contributed by atoms with Crippen molar-refractivity contribution in [3.05, 3.63) is 36.0 Å². The third-order valence-corrected chi connectivity index (χ3v) is 5.23.